The van der Waals surface area contributed by atoms with E-state index in [0.717, 1.165) is 18.5 Å². The Morgan fingerprint density at radius 1 is 1.17 bits per heavy atom. The summed E-state index contributed by atoms with van der Waals surface area (Å²) in [4.78, 5) is 6.82. The highest BCUT2D eigenvalue weighted by atomic mass is 32.1. The predicted octanol–water partition coefficient (Wildman–Crippen LogP) is 3.32. The van der Waals surface area contributed by atoms with E-state index in [1.165, 1.54) is 22.9 Å². The second kappa shape index (κ2) is 8.53. The highest BCUT2D eigenvalue weighted by molar-refractivity contribution is 7.11. The summed E-state index contributed by atoms with van der Waals surface area (Å²) < 4.78 is 18.6. The number of nitrogens with one attached hydrogen (secondary N) is 2. The van der Waals surface area contributed by atoms with Gasteiger partial charge >= 0.3 is 0 Å². The third-order valence-corrected chi connectivity index (χ3v) is 4.63. The number of ether oxygens (including phenoxy) is 1. The second-order valence-electron chi connectivity index (χ2n) is 4.97. The molecule has 0 bridgehead atoms. The first-order valence-corrected chi connectivity index (χ1v) is 8.32. The van der Waals surface area contributed by atoms with Gasteiger partial charge in [0.15, 0.2) is 17.5 Å². The first-order valence-electron chi connectivity index (χ1n) is 7.50. The fourth-order valence-electron chi connectivity index (χ4n) is 2.10. The molecule has 2 N–H and O–H groups in total. The average Bonchev–Trinajstić information content (AvgIpc) is 3.03. The van der Waals surface area contributed by atoms with E-state index in [9.17, 15) is 4.39 Å². The van der Waals surface area contributed by atoms with Gasteiger partial charge in [-0.15, -0.1) is 11.3 Å². The molecule has 0 atom stereocenters. The van der Waals surface area contributed by atoms with E-state index in [1.54, 1.807) is 24.5 Å². The van der Waals surface area contributed by atoms with Crippen LogP contribution >= 0.6 is 11.3 Å². The molecule has 6 heteroatoms. The summed E-state index contributed by atoms with van der Waals surface area (Å²) in [7, 11) is 3.17. The monoisotopic (exact) mass is 335 g/mol. The van der Waals surface area contributed by atoms with E-state index in [2.05, 4.69) is 34.7 Å². The Kier molecular flexibility index (Phi) is 6.40. The van der Waals surface area contributed by atoms with E-state index in [4.69, 9.17) is 4.74 Å². The number of guanidine groups is 1. The van der Waals surface area contributed by atoms with Gasteiger partial charge in [0.25, 0.3) is 0 Å². The van der Waals surface area contributed by atoms with Crippen molar-refractivity contribution in [1.29, 1.82) is 0 Å². The van der Waals surface area contributed by atoms with E-state index in [1.807, 2.05) is 6.07 Å². The number of aryl methyl sites for hydroxylation is 1. The van der Waals surface area contributed by atoms with E-state index in [0.29, 0.717) is 12.5 Å². The average molecular weight is 335 g/mol. The SMILES string of the molecule is CCc1ccc(CNC(=NC)NCc2ccc(OC)c(F)c2)s1. The second-order valence-corrected chi connectivity index (χ2v) is 6.22. The molecule has 1 aromatic carbocycles. The first-order chi connectivity index (χ1) is 11.2. The summed E-state index contributed by atoms with van der Waals surface area (Å²) in [6, 6.07) is 9.20. The lowest BCUT2D eigenvalue weighted by molar-refractivity contribution is 0.386. The summed E-state index contributed by atoms with van der Waals surface area (Å²) in [5.74, 6) is 0.578. The number of thiophene rings is 1. The molecule has 0 radical (unpaired) electrons. The molecule has 1 aromatic heterocycles. The fraction of sp³-hybridized carbons (Fsp3) is 0.353. The molecule has 0 unspecified atom stereocenters. The number of nitrogens with zero attached hydrogens (tertiary/aromatic N) is 1. The smallest absolute Gasteiger partial charge is 0.191 e. The Bertz CT molecular complexity index is 670. The van der Waals surface area contributed by atoms with Crippen molar-refractivity contribution in [3.8, 4) is 5.75 Å². The van der Waals surface area contributed by atoms with Crippen molar-refractivity contribution in [2.24, 2.45) is 4.99 Å². The van der Waals surface area contributed by atoms with Gasteiger partial charge in [0.2, 0.25) is 0 Å². The van der Waals surface area contributed by atoms with Crippen LogP contribution in [0.5, 0.6) is 5.75 Å². The molecule has 0 aliphatic rings. The van der Waals surface area contributed by atoms with E-state index < -0.39 is 0 Å². The first kappa shape index (κ1) is 17.3. The summed E-state index contributed by atoms with van der Waals surface area (Å²) in [5, 5.41) is 6.44. The normalized spacial score (nSPS) is 11.4. The molecular weight excluding hydrogens is 313 g/mol. The molecule has 0 aliphatic heterocycles. The van der Waals surface area contributed by atoms with Crippen molar-refractivity contribution in [1.82, 2.24) is 10.6 Å². The Labute approximate surface area is 140 Å². The van der Waals surface area contributed by atoms with Crippen LogP contribution in [0.15, 0.2) is 35.3 Å². The molecule has 0 aliphatic carbocycles. The van der Waals surface area contributed by atoms with Crippen molar-refractivity contribution >= 4 is 17.3 Å². The lowest BCUT2D eigenvalue weighted by Crippen LogP contribution is -2.36. The van der Waals surface area contributed by atoms with Crippen LogP contribution in [0.3, 0.4) is 0 Å². The quantitative estimate of drug-likeness (QED) is 0.629. The zero-order chi connectivity index (χ0) is 16.7. The molecule has 0 saturated carbocycles. The predicted molar refractivity (Wildman–Crippen MR) is 93.7 cm³/mol. The molecule has 2 rings (SSSR count). The van der Waals surface area contributed by atoms with Gasteiger partial charge in [-0.05, 0) is 36.2 Å². The number of hydrogen-bond donors (Lipinski definition) is 2. The Balaban J connectivity index is 1.86. The van der Waals surface area contributed by atoms with Gasteiger partial charge in [0, 0.05) is 23.3 Å². The van der Waals surface area contributed by atoms with Gasteiger partial charge in [0.1, 0.15) is 0 Å². The summed E-state index contributed by atoms with van der Waals surface area (Å²) in [6.45, 7) is 3.37. The maximum absolute atomic E-state index is 13.7. The van der Waals surface area contributed by atoms with Gasteiger partial charge in [-0.1, -0.05) is 13.0 Å². The minimum atomic E-state index is -0.361. The van der Waals surface area contributed by atoms with Crippen LogP contribution in [-0.4, -0.2) is 20.1 Å². The van der Waals surface area contributed by atoms with Crippen molar-refractivity contribution in [3.63, 3.8) is 0 Å². The molecule has 0 fully saturated rings. The van der Waals surface area contributed by atoms with Crippen LogP contribution in [0.2, 0.25) is 0 Å². The van der Waals surface area contributed by atoms with Crippen LogP contribution in [0.25, 0.3) is 0 Å². The Morgan fingerprint density at radius 2 is 1.91 bits per heavy atom. The Hall–Kier alpha value is -2.08. The molecule has 124 valence electrons. The van der Waals surface area contributed by atoms with Crippen molar-refractivity contribution in [3.05, 3.63) is 51.5 Å². The fourth-order valence-corrected chi connectivity index (χ4v) is 3.00. The molecule has 2 aromatic rings. The maximum atomic E-state index is 13.7. The van der Waals surface area contributed by atoms with Gasteiger partial charge in [-0.3, -0.25) is 4.99 Å². The standard InChI is InChI=1S/C17H22FN3OS/c1-4-13-6-7-14(23-13)11-21-17(19-2)20-10-12-5-8-16(22-3)15(18)9-12/h5-9H,4,10-11H2,1-3H3,(H2,19,20,21). The number of hydrogen-bond acceptors (Lipinski definition) is 3. The van der Waals surface area contributed by atoms with E-state index in [-0.39, 0.29) is 11.6 Å². The van der Waals surface area contributed by atoms with Crippen molar-refractivity contribution in [2.75, 3.05) is 14.2 Å². The molecule has 1 heterocycles. The summed E-state index contributed by atoms with van der Waals surface area (Å²) in [6.07, 6.45) is 1.06. The molecule has 0 amide bonds. The van der Waals surface area contributed by atoms with Crippen LogP contribution in [0.1, 0.15) is 22.2 Å². The molecule has 4 nitrogen and oxygen atoms in total. The number of rotatable bonds is 6. The maximum Gasteiger partial charge on any atom is 0.191 e. The number of aliphatic imine (C=N–C) groups is 1. The van der Waals surface area contributed by atoms with Crippen molar-refractivity contribution in [2.45, 2.75) is 26.4 Å². The minimum absolute atomic E-state index is 0.251. The summed E-state index contributed by atoms with van der Waals surface area (Å²) in [5.41, 5.74) is 0.829. The van der Waals surface area contributed by atoms with Gasteiger partial charge in [-0.25, -0.2) is 4.39 Å². The molecular formula is C17H22FN3OS. The van der Waals surface area contributed by atoms with Gasteiger partial charge < -0.3 is 15.4 Å². The van der Waals surface area contributed by atoms with Crippen LogP contribution in [0.4, 0.5) is 4.39 Å². The topological polar surface area (TPSA) is 45.7 Å². The van der Waals surface area contributed by atoms with Gasteiger partial charge in [-0.2, -0.15) is 0 Å². The minimum Gasteiger partial charge on any atom is -0.494 e. The van der Waals surface area contributed by atoms with Crippen molar-refractivity contribution < 1.29 is 9.13 Å². The zero-order valence-electron chi connectivity index (χ0n) is 13.6. The lowest BCUT2D eigenvalue weighted by atomic mass is 10.2. The summed E-state index contributed by atoms with van der Waals surface area (Å²) >= 11 is 1.80. The number of benzene rings is 1. The highest BCUT2D eigenvalue weighted by Gasteiger charge is 2.05. The van der Waals surface area contributed by atoms with Crippen LogP contribution < -0.4 is 15.4 Å². The zero-order valence-corrected chi connectivity index (χ0v) is 14.5. The van der Waals surface area contributed by atoms with E-state index >= 15 is 0 Å². The molecule has 23 heavy (non-hydrogen) atoms. The largest absolute Gasteiger partial charge is 0.494 e. The third-order valence-electron chi connectivity index (χ3n) is 3.40. The Morgan fingerprint density at radius 3 is 2.52 bits per heavy atom. The number of methoxy groups -OCH3 is 1. The highest BCUT2D eigenvalue weighted by Crippen LogP contribution is 2.18. The lowest BCUT2D eigenvalue weighted by Gasteiger charge is -2.12. The van der Waals surface area contributed by atoms with Gasteiger partial charge in [0.05, 0.1) is 13.7 Å². The van der Waals surface area contributed by atoms with Crippen LogP contribution in [-0.2, 0) is 19.5 Å². The number of halogens is 1. The molecule has 0 saturated heterocycles. The molecule has 0 spiro atoms. The third kappa shape index (κ3) is 4.96. The van der Waals surface area contributed by atoms with Crippen LogP contribution in [0, 0.1) is 5.82 Å².